The predicted molar refractivity (Wildman–Crippen MR) is 122 cm³/mol. The van der Waals surface area contributed by atoms with Crippen molar-refractivity contribution in [2.24, 2.45) is 5.92 Å². The number of aromatic hydroxyl groups is 1. The SMILES string of the molecule is COCC1(NC(=O)C2=C(O)[C@@H]3Oc4c(O)ccc5c4[C@@]34CCN(CC3CC3)[C@H](C5)[C@]4(O)C2)CC1. The summed E-state index contributed by atoms with van der Waals surface area (Å²) in [6.07, 6.45) is 4.52. The van der Waals surface area contributed by atoms with E-state index < -0.39 is 22.7 Å². The van der Waals surface area contributed by atoms with Crippen LogP contribution in [0.1, 0.15) is 49.7 Å². The normalized spacial score (nSPS) is 36.6. The van der Waals surface area contributed by atoms with Crippen LogP contribution in [0.4, 0.5) is 0 Å². The summed E-state index contributed by atoms with van der Waals surface area (Å²) in [5, 5.41) is 37.8. The molecular weight excluding hydrogens is 436 g/mol. The minimum atomic E-state index is -1.28. The van der Waals surface area contributed by atoms with Crippen molar-refractivity contribution in [3.63, 3.8) is 0 Å². The Bertz CT molecular complexity index is 1120. The van der Waals surface area contributed by atoms with Gasteiger partial charge in [-0.05, 0) is 62.6 Å². The van der Waals surface area contributed by atoms with Gasteiger partial charge in [0.15, 0.2) is 17.6 Å². The molecule has 34 heavy (non-hydrogen) atoms. The molecule has 1 saturated heterocycles. The van der Waals surface area contributed by atoms with Crippen molar-refractivity contribution in [2.45, 2.75) is 73.6 Å². The van der Waals surface area contributed by atoms with Crippen molar-refractivity contribution in [1.29, 1.82) is 0 Å². The van der Waals surface area contributed by atoms with E-state index in [9.17, 15) is 20.1 Å². The number of benzene rings is 1. The maximum absolute atomic E-state index is 13.5. The smallest absolute Gasteiger partial charge is 0.251 e. The summed E-state index contributed by atoms with van der Waals surface area (Å²) in [6.45, 7) is 2.16. The molecule has 2 bridgehead atoms. The lowest BCUT2D eigenvalue weighted by Crippen LogP contribution is -2.76. The molecule has 1 aromatic carbocycles. The summed E-state index contributed by atoms with van der Waals surface area (Å²) in [5.74, 6) is 0.551. The van der Waals surface area contributed by atoms with Crippen LogP contribution in [0.3, 0.4) is 0 Å². The lowest BCUT2D eigenvalue weighted by molar-refractivity contribution is -0.172. The van der Waals surface area contributed by atoms with E-state index in [0.717, 1.165) is 37.1 Å². The fourth-order valence-corrected chi connectivity index (χ4v) is 7.42. The Morgan fingerprint density at radius 2 is 2.06 bits per heavy atom. The molecule has 1 amide bonds. The first-order chi connectivity index (χ1) is 16.3. The molecular formula is C26H32N2O6. The number of methoxy groups -OCH3 is 1. The van der Waals surface area contributed by atoms with Crippen LogP contribution in [0.5, 0.6) is 11.5 Å². The summed E-state index contributed by atoms with van der Waals surface area (Å²) in [6, 6.07) is 3.39. The molecule has 2 aliphatic heterocycles. The van der Waals surface area contributed by atoms with E-state index in [0.29, 0.717) is 31.1 Å². The molecule has 4 aliphatic carbocycles. The zero-order valence-corrected chi connectivity index (χ0v) is 19.5. The zero-order chi connectivity index (χ0) is 23.5. The molecule has 3 fully saturated rings. The average Bonchev–Trinajstić information content (AvgIpc) is 3.72. The van der Waals surface area contributed by atoms with E-state index in [-0.39, 0.29) is 35.5 Å². The zero-order valence-electron chi connectivity index (χ0n) is 19.5. The Balaban J connectivity index is 1.35. The number of nitrogens with zero attached hydrogens (tertiary/aromatic N) is 1. The van der Waals surface area contributed by atoms with Crippen LogP contribution in [0.15, 0.2) is 23.5 Å². The third kappa shape index (κ3) is 2.57. The number of phenolic OH excluding ortho intramolecular Hbond substituents is 1. The van der Waals surface area contributed by atoms with Gasteiger partial charge in [0.25, 0.3) is 5.91 Å². The molecule has 0 unspecified atom stereocenters. The number of likely N-dealkylation sites (tertiary alicyclic amines) is 1. The average molecular weight is 469 g/mol. The summed E-state index contributed by atoms with van der Waals surface area (Å²) in [5.41, 5.74) is -0.485. The molecule has 2 heterocycles. The van der Waals surface area contributed by atoms with Crippen molar-refractivity contribution in [3.05, 3.63) is 34.6 Å². The van der Waals surface area contributed by atoms with Gasteiger partial charge in [0, 0.05) is 31.7 Å². The van der Waals surface area contributed by atoms with Crippen LogP contribution in [-0.4, -0.2) is 76.2 Å². The number of aliphatic hydroxyl groups is 2. The van der Waals surface area contributed by atoms with Gasteiger partial charge < -0.3 is 30.1 Å². The molecule has 8 nitrogen and oxygen atoms in total. The molecule has 4 atom stereocenters. The van der Waals surface area contributed by atoms with Crippen molar-refractivity contribution >= 4 is 5.91 Å². The van der Waals surface area contributed by atoms with E-state index in [1.165, 1.54) is 12.8 Å². The van der Waals surface area contributed by atoms with Crippen molar-refractivity contribution in [2.75, 3.05) is 26.8 Å². The molecule has 6 aliphatic rings. The Hall–Kier alpha value is -2.29. The van der Waals surface area contributed by atoms with Gasteiger partial charge in [-0.15, -0.1) is 0 Å². The molecule has 182 valence electrons. The lowest BCUT2D eigenvalue weighted by atomic mass is 9.49. The third-order valence-electron chi connectivity index (χ3n) is 9.44. The minimum Gasteiger partial charge on any atom is -0.508 e. The number of rotatable bonds is 6. The highest BCUT2D eigenvalue weighted by Gasteiger charge is 2.73. The van der Waals surface area contributed by atoms with E-state index in [2.05, 4.69) is 10.2 Å². The molecule has 0 aromatic heterocycles. The quantitative estimate of drug-likeness (QED) is 0.503. The fraction of sp³-hybridized carbons (Fsp3) is 0.654. The van der Waals surface area contributed by atoms with Crippen LogP contribution < -0.4 is 10.1 Å². The van der Waals surface area contributed by atoms with E-state index in [4.69, 9.17) is 9.47 Å². The maximum atomic E-state index is 13.5. The molecule has 1 aromatic rings. The van der Waals surface area contributed by atoms with Gasteiger partial charge in [0.1, 0.15) is 5.76 Å². The number of nitrogens with one attached hydrogen (secondary N) is 1. The van der Waals surface area contributed by atoms with Gasteiger partial charge in [-0.25, -0.2) is 0 Å². The standard InChI is InChI=1S/C26H32N2O6/c1-33-13-24(6-7-24)27-23(31)16-11-26(32)18-10-15-4-5-17(29)21-19(15)25(26,22(34-21)20(16)30)8-9-28(18)12-14-2-3-14/h4-5,14,18,22,29-30,32H,2-3,6-13H2,1H3,(H,27,31)/t18-,22+,25+,26-/m1/s1. The third-order valence-corrected chi connectivity index (χ3v) is 9.44. The predicted octanol–water partition coefficient (Wildman–Crippen LogP) is 1.67. The summed E-state index contributed by atoms with van der Waals surface area (Å²) < 4.78 is 11.5. The number of phenols is 1. The van der Waals surface area contributed by atoms with Gasteiger partial charge in [0.05, 0.1) is 28.7 Å². The number of aliphatic hydroxyl groups excluding tert-OH is 1. The Kier molecular flexibility index (Phi) is 4.13. The van der Waals surface area contributed by atoms with Crippen molar-refractivity contribution < 1.29 is 29.6 Å². The van der Waals surface area contributed by atoms with Crippen LogP contribution in [-0.2, 0) is 21.4 Å². The van der Waals surface area contributed by atoms with Crippen molar-refractivity contribution in [1.82, 2.24) is 10.2 Å². The van der Waals surface area contributed by atoms with Crippen molar-refractivity contribution in [3.8, 4) is 11.5 Å². The first-order valence-corrected chi connectivity index (χ1v) is 12.5. The summed E-state index contributed by atoms with van der Waals surface area (Å²) in [7, 11) is 1.61. The topological polar surface area (TPSA) is 111 Å². The summed E-state index contributed by atoms with van der Waals surface area (Å²) in [4.78, 5) is 15.9. The monoisotopic (exact) mass is 468 g/mol. The molecule has 0 radical (unpaired) electrons. The fourth-order valence-electron chi connectivity index (χ4n) is 7.42. The first-order valence-electron chi connectivity index (χ1n) is 12.5. The molecule has 2 saturated carbocycles. The largest absolute Gasteiger partial charge is 0.508 e. The number of hydrogen-bond donors (Lipinski definition) is 4. The Morgan fingerprint density at radius 3 is 2.76 bits per heavy atom. The van der Waals surface area contributed by atoms with Gasteiger partial charge in [-0.2, -0.15) is 0 Å². The number of piperidine rings is 1. The highest BCUT2D eigenvalue weighted by atomic mass is 16.5. The Labute approximate surface area is 198 Å². The van der Waals surface area contributed by atoms with Crippen LogP contribution in [0, 0.1) is 5.92 Å². The highest BCUT2D eigenvalue weighted by molar-refractivity contribution is 5.96. The Morgan fingerprint density at radius 1 is 1.26 bits per heavy atom. The second-order valence-corrected chi connectivity index (χ2v) is 11.5. The van der Waals surface area contributed by atoms with Gasteiger partial charge in [-0.1, -0.05) is 6.07 Å². The number of ether oxygens (including phenoxy) is 2. The lowest BCUT2D eigenvalue weighted by Gasteiger charge is -2.62. The number of carbonyl (C=O) groups is 1. The van der Waals surface area contributed by atoms with Gasteiger partial charge >= 0.3 is 0 Å². The first kappa shape index (κ1) is 21.0. The number of carbonyl (C=O) groups excluding carboxylic acids is 1. The van der Waals surface area contributed by atoms with Crippen LogP contribution in [0.25, 0.3) is 0 Å². The van der Waals surface area contributed by atoms with Crippen LogP contribution >= 0.6 is 0 Å². The minimum absolute atomic E-state index is 0.0135. The van der Waals surface area contributed by atoms with E-state index in [1.807, 2.05) is 6.07 Å². The number of hydrogen-bond acceptors (Lipinski definition) is 7. The second-order valence-electron chi connectivity index (χ2n) is 11.5. The molecule has 1 spiro atoms. The maximum Gasteiger partial charge on any atom is 0.251 e. The van der Waals surface area contributed by atoms with E-state index in [1.54, 1.807) is 13.2 Å². The molecule has 4 N–H and O–H groups in total. The summed E-state index contributed by atoms with van der Waals surface area (Å²) >= 11 is 0. The van der Waals surface area contributed by atoms with Crippen LogP contribution in [0.2, 0.25) is 0 Å². The molecule has 7 rings (SSSR count). The second kappa shape index (κ2) is 6.68. The van der Waals surface area contributed by atoms with Gasteiger partial charge in [-0.3, -0.25) is 9.69 Å². The highest BCUT2D eigenvalue weighted by Crippen LogP contribution is 2.66. The van der Waals surface area contributed by atoms with E-state index >= 15 is 0 Å². The molecule has 8 heteroatoms. The number of amides is 1. The van der Waals surface area contributed by atoms with Gasteiger partial charge in [0.2, 0.25) is 0 Å².